The molecule has 2 aromatic carbocycles. The fourth-order valence-corrected chi connectivity index (χ4v) is 5.57. The highest BCUT2D eigenvalue weighted by atomic mass is 32.2. The van der Waals surface area contributed by atoms with Gasteiger partial charge in [-0.2, -0.15) is 0 Å². The zero-order valence-corrected chi connectivity index (χ0v) is 19.7. The van der Waals surface area contributed by atoms with E-state index in [0.717, 1.165) is 48.0 Å². The number of methoxy groups -OCH3 is 1. The third-order valence-corrected chi connectivity index (χ3v) is 8.40. The van der Waals surface area contributed by atoms with Crippen molar-refractivity contribution in [1.29, 1.82) is 0 Å². The normalized spacial score (nSPS) is 16.9. The first-order chi connectivity index (χ1) is 14.6. The Morgan fingerprint density at radius 1 is 1.19 bits per heavy atom. The van der Waals surface area contributed by atoms with Gasteiger partial charge in [0, 0.05) is 17.4 Å². The lowest BCUT2D eigenvalue weighted by Crippen LogP contribution is -2.28. The topological polar surface area (TPSA) is 68.5 Å². The van der Waals surface area contributed by atoms with E-state index in [0.29, 0.717) is 17.4 Å². The number of sulfonamides is 1. The Labute approximate surface area is 184 Å². The predicted octanol–water partition coefficient (Wildman–Crippen LogP) is 6.09. The maximum Gasteiger partial charge on any atom is 0.261 e. The van der Waals surface area contributed by atoms with Crippen LogP contribution in [0.25, 0.3) is 11.0 Å². The first-order valence-electron chi connectivity index (χ1n) is 10.9. The Hall–Kier alpha value is -2.47. The van der Waals surface area contributed by atoms with Crippen LogP contribution in [-0.4, -0.2) is 15.5 Å². The second kappa shape index (κ2) is 7.90. The van der Waals surface area contributed by atoms with Gasteiger partial charge in [-0.05, 0) is 73.1 Å². The van der Waals surface area contributed by atoms with Gasteiger partial charge < -0.3 is 9.15 Å². The van der Waals surface area contributed by atoms with Gasteiger partial charge >= 0.3 is 0 Å². The number of rotatable bonds is 6. The molecular weight excluding hydrogens is 410 g/mol. The van der Waals surface area contributed by atoms with Crippen LogP contribution in [0.4, 0.5) is 5.69 Å². The Bertz CT molecular complexity index is 1210. The van der Waals surface area contributed by atoms with E-state index in [1.165, 1.54) is 5.56 Å². The van der Waals surface area contributed by atoms with Crippen molar-refractivity contribution in [3.8, 4) is 5.75 Å². The summed E-state index contributed by atoms with van der Waals surface area (Å²) in [6.07, 6.45) is 4.17. The molecule has 4 rings (SSSR count). The van der Waals surface area contributed by atoms with E-state index in [2.05, 4.69) is 25.5 Å². The molecule has 166 valence electrons. The molecule has 0 saturated heterocycles. The summed E-state index contributed by atoms with van der Waals surface area (Å²) in [7, 11) is -2.15. The quantitative estimate of drug-likeness (QED) is 0.502. The van der Waals surface area contributed by atoms with Crippen molar-refractivity contribution in [2.75, 3.05) is 11.8 Å². The van der Waals surface area contributed by atoms with Gasteiger partial charge in [0.25, 0.3) is 10.0 Å². The van der Waals surface area contributed by atoms with E-state index in [-0.39, 0.29) is 10.3 Å². The number of hydrogen-bond donors (Lipinski definition) is 1. The Morgan fingerprint density at radius 2 is 1.90 bits per heavy atom. The van der Waals surface area contributed by atoms with E-state index in [4.69, 9.17) is 9.15 Å². The minimum atomic E-state index is -3.71. The lowest BCUT2D eigenvalue weighted by atomic mass is 9.69. The molecule has 5 nitrogen and oxygen atoms in total. The number of fused-ring (bicyclic) bond motifs is 3. The molecule has 0 aliphatic heterocycles. The van der Waals surface area contributed by atoms with Crippen LogP contribution in [0.5, 0.6) is 5.75 Å². The Morgan fingerprint density at radius 3 is 2.55 bits per heavy atom. The van der Waals surface area contributed by atoms with Gasteiger partial charge in [-0.1, -0.05) is 27.2 Å². The molecule has 0 saturated carbocycles. The smallest absolute Gasteiger partial charge is 0.261 e. The van der Waals surface area contributed by atoms with Gasteiger partial charge in [0.2, 0.25) is 0 Å². The van der Waals surface area contributed by atoms with Crippen LogP contribution in [0.2, 0.25) is 0 Å². The van der Waals surface area contributed by atoms with Crippen molar-refractivity contribution in [1.82, 2.24) is 0 Å². The molecule has 31 heavy (non-hydrogen) atoms. The molecule has 1 aromatic heterocycles. The second-order valence-corrected chi connectivity index (χ2v) is 10.9. The molecule has 1 atom stereocenters. The average Bonchev–Trinajstić information content (AvgIpc) is 3.10. The van der Waals surface area contributed by atoms with Crippen LogP contribution in [-0.2, 0) is 22.9 Å². The summed E-state index contributed by atoms with van der Waals surface area (Å²) in [4.78, 5) is 0.201. The third kappa shape index (κ3) is 4.05. The summed E-state index contributed by atoms with van der Waals surface area (Å²) in [5, 5.41) is 1.02. The fraction of sp³-hybridized carbons (Fsp3) is 0.440. The Balaban J connectivity index is 1.70. The van der Waals surface area contributed by atoms with Crippen LogP contribution >= 0.6 is 0 Å². The maximum atomic E-state index is 13.0. The molecule has 1 N–H and O–H groups in total. The van der Waals surface area contributed by atoms with E-state index < -0.39 is 10.0 Å². The van der Waals surface area contributed by atoms with Crippen molar-refractivity contribution in [3.05, 3.63) is 53.3 Å². The molecule has 1 heterocycles. The summed E-state index contributed by atoms with van der Waals surface area (Å²) in [5.74, 6) is 2.25. The molecule has 1 aliphatic carbocycles. The lowest BCUT2D eigenvalue weighted by molar-refractivity contribution is 0.179. The minimum Gasteiger partial charge on any atom is -0.497 e. The summed E-state index contributed by atoms with van der Waals surface area (Å²) in [6.45, 7) is 8.82. The monoisotopic (exact) mass is 441 g/mol. The molecule has 0 amide bonds. The number of furan rings is 1. The van der Waals surface area contributed by atoms with Crippen molar-refractivity contribution in [2.45, 2.75) is 58.3 Å². The van der Waals surface area contributed by atoms with Gasteiger partial charge in [-0.15, -0.1) is 0 Å². The van der Waals surface area contributed by atoms with Crippen LogP contribution in [0.3, 0.4) is 0 Å². The summed E-state index contributed by atoms with van der Waals surface area (Å²) < 4.78 is 40.0. The van der Waals surface area contributed by atoms with Crippen molar-refractivity contribution in [3.63, 3.8) is 0 Å². The minimum absolute atomic E-state index is 0.201. The highest BCUT2D eigenvalue weighted by Crippen LogP contribution is 2.43. The van der Waals surface area contributed by atoms with Crippen LogP contribution in [0, 0.1) is 18.3 Å². The van der Waals surface area contributed by atoms with Gasteiger partial charge in [0.15, 0.2) is 0 Å². The number of ether oxygens (including phenoxy) is 1. The van der Waals surface area contributed by atoms with Crippen molar-refractivity contribution in [2.24, 2.45) is 11.3 Å². The number of hydrogen-bond acceptors (Lipinski definition) is 4. The maximum absolute atomic E-state index is 13.0. The SMILES string of the molecule is CCC(C)(C)[C@H]1CCc2oc3cc(C)c(NS(=O)(=O)c4ccc(OC)cc4)cc3c2C1. The largest absolute Gasteiger partial charge is 0.497 e. The highest BCUT2D eigenvalue weighted by Gasteiger charge is 2.33. The summed E-state index contributed by atoms with van der Waals surface area (Å²) in [6, 6.07) is 10.3. The van der Waals surface area contributed by atoms with Gasteiger partial charge in [0.05, 0.1) is 17.7 Å². The zero-order valence-electron chi connectivity index (χ0n) is 18.9. The number of benzene rings is 2. The van der Waals surface area contributed by atoms with Gasteiger partial charge in [-0.25, -0.2) is 8.42 Å². The molecule has 0 spiro atoms. The van der Waals surface area contributed by atoms with Crippen LogP contribution in [0.15, 0.2) is 45.7 Å². The number of anilines is 1. The first-order valence-corrected chi connectivity index (χ1v) is 12.3. The molecule has 0 unspecified atom stereocenters. The van der Waals surface area contributed by atoms with Gasteiger partial charge in [-0.3, -0.25) is 4.72 Å². The van der Waals surface area contributed by atoms with Crippen molar-refractivity contribution < 1.29 is 17.6 Å². The molecule has 1 aliphatic rings. The second-order valence-electron chi connectivity index (χ2n) is 9.23. The summed E-state index contributed by atoms with van der Waals surface area (Å²) >= 11 is 0. The first kappa shape index (κ1) is 21.8. The third-order valence-electron chi connectivity index (χ3n) is 7.02. The number of aryl methyl sites for hydroxylation is 2. The zero-order chi connectivity index (χ0) is 22.4. The van der Waals surface area contributed by atoms with Crippen LogP contribution < -0.4 is 9.46 Å². The van der Waals surface area contributed by atoms with E-state index in [1.54, 1.807) is 31.4 Å². The predicted molar refractivity (Wildman–Crippen MR) is 124 cm³/mol. The number of nitrogens with one attached hydrogen (secondary N) is 1. The molecular formula is C25H31NO4S. The van der Waals surface area contributed by atoms with Crippen molar-refractivity contribution >= 4 is 26.7 Å². The molecule has 3 aromatic rings. The molecule has 0 bridgehead atoms. The highest BCUT2D eigenvalue weighted by molar-refractivity contribution is 7.92. The van der Waals surface area contributed by atoms with E-state index in [1.807, 2.05) is 19.1 Å². The van der Waals surface area contributed by atoms with E-state index >= 15 is 0 Å². The van der Waals surface area contributed by atoms with E-state index in [9.17, 15) is 8.42 Å². The summed E-state index contributed by atoms with van der Waals surface area (Å²) in [5.41, 5.74) is 3.76. The molecule has 0 radical (unpaired) electrons. The Kier molecular flexibility index (Phi) is 5.54. The molecule has 6 heteroatoms. The van der Waals surface area contributed by atoms with Gasteiger partial charge in [0.1, 0.15) is 17.1 Å². The van der Waals surface area contributed by atoms with Crippen LogP contribution in [0.1, 0.15) is 50.5 Å². The standard InChI is InChI=1S/C25H31NO4S/c1-6-25(3,4)17-7-12-23-20(14-17)21-15-22(16(2)13-24(21)30-23)26-31(27,28)19-10-8-18(29-5)9-11-19/h8-11,13,15,17,26H,6-7,12,14H2,1-5H3/t17-/m0/s1. The molecule has 0 fully saturated rings. The lowest BCUT2D eigenvalue weighted by Gasteiger charge is -2.36. The fourth-order valence-electron chi connectivity index (χ4n) is 4.45. The average molecular weight is 442 g/mol.